The first kappa shape index (κ1) is 14.9. The quantitative estimate of drug-likeness (QED) is 0.820. The summed E-state index contributed by atoms with van der Waals surface area (Å²) < 4.78 is 60.4. The van der Waals surface area contributed by atoms with Gasteiger partial charge in [0.1, 0.15) is 19.3 Å². The number of alkyl halides is 2. The van der Waals surface area contributed by atoms with Crippen molar-refractivity contribution in [3.63, 3.8) is 0 Å². The van der Waals surface area contributed by atoms with Gasteiger partial charge in [-0.25, -0.2) is 21.9 Å². The average molecular weight is 309 g/mol. The van der Waals surface area contributed by atoms with E-state index in [1.54, 1.807) is 0 Å². The number of hydrogen-bond acceptors (Lipinski definition) is 5. The minimum atomic E-state index is -4.00. The van der Waals surface area contributed by atoms with E-state index in [4.69, 9.17) is 14.6 Å². The molecule has 1 heterocycles. The number of aliphatic hydroxyl groups is 1. The van der Waals surface area contributed by atoms with Gasteiger partial charge in [-0.1, -0.05) is 0 Å². The molecule has 0 radical (unpaired) electrons. The van der Waals surface area contributed by atoms with Crippen LogP contribution in [0.5, 0.6) is 11.5 Å². The van der Waals surface area contributed by atoms with Gasteiger partial charge in [0.25, 0.3) is 6.43 Å². The van der Waals surface area contributed by atoms with E-state index in [1.165, 1.54) is 18.2 Å². The normalized spacial score (nSPS) is 16.2. The Morgan fingerprint density at radius 2 is 1.90 bits per heavy atom. The van der Waals surface area contributed by atoms with Gasteiger partial charge in [0.2, 0.25) is 10.0 Å². The van der Waals surface area contributed by atoms with E-state index in [9.17, 15) is 17.2 Å². The van der Waals surface area contributed by atoms with E-state index in [0.717, 1.165) is 0 Å². The predicted octanol–water partition coefficient (Wildman–Crippen LogP) is 0.362. The molecule has 1 atom stereocenters. The minimum Gasteiger partial charge on any atom is -0.486 e. The average Bonchev–Trinajstić information content (AvgIpc) is 2.44. The van der Waals surface area contributed by atoms with Gasteiger partial charge < -0.3 is 14.6 Å². The molecule has 2 rings (SSSR count). The van der Waals surface area contributed by atoms with Crippen LogP contribution in [-0.2, 0) is 10.0 Å². The van der Waals surface area contributed by atoms with Crippen molar-refractivity contribution < 1.29 is 31.8 Å². The summed E-state index contributed by atoms with van der Waals surface area (Å²) in [6.07, 6.45) is -5.07. The van der Waals surface area contributed by atoms with Crippen LogP contribution in [-0.4, -0.2) is 45.8 Å². The van der Waals surface area contributed by atoms with Crippen LogP contribution in [0.3, 0.4) is 0 Å². The lowest BCUT2D eigenvalue weighted by Crippen LogP contribution is -2.35. The maximum Gasteiger partial charge on any atom is 0.265 e. The standard InChI is InChI=1S/C11H13F2NO5S/c12-11(13)8(15)6-14-20(16,17)7-1-2-9-10(5-7)19-4-3-18-9/h1-2,5,8,11,14-15H,3-4,6H2. The van der Waals surface area contributed by atoms with Gasteiger partial charge in [-0.05, 0) is 12.1 Å². The number of ether oxygens (including phenoxy) is 2. The first-order chi connectivity index (χ1) is 9.40. The van der Waals surface area contributed by atoms with Crippen molar-refractivity contribution in [2.24, 2.45) is 0 Å². The molecule has 1 aromatic carbocycles. The molecule has 9 heteroatoms. The Kier molecular flexibility index (Phi) is 4.41. The lowest BCUT2D eigenvalue weighted by molar-refractivity contribution is -0.000452. The number of halogens is 2. The number of fused-ring (bicyclic) bond motifs is 1. The van der Waals surface area contributed by atoms with Gasteiger partial charge in [-0.2, -0.15) is 0 Å². The number of aliphatic hydroxyl groups excluding tert-OH is 1. The van der Waals surface area contributed by atoms with Crippen molar-refractivity contribution in [1.29, 1.82) is 0 Å². The SMILES string of the molecule is O=S(=O)(NCC(O)C(F)F)c1ccc2c(c1)OCCO2. The van der Waals surface area contributed by atoms with Crippen LogP contribution in [0.1, 0.15) is 0 Å². The predicted molar refractivity (Wildman–Crippen MR) is 64.6 cm³/mol. The van der Waals surface area contributed by atoms with Crippen molar-refractivity contribution in [3.8, 4) is 11.5 Å². The molecule has 6 nitrogen and oxygen atoms in total. The van der Waals surface area contributed by atoms with Crippen LogP contribution in [0, 0.1) is 0 Å². The van der Waals surface area contributed by atoms with E-state index in [1.807, 2.05) is 4.72 Å². The summed E-state index contributed by atoms with van der Waals surface area (Å²) in [7, 11) is -4.00. The van der Waals surface area contributed by atoms with E-state index >= 15 is 0 Å². The molecular weight excluding hydrogens is 296 g/mol. The summed E-state index contributed by atoms with van der Waals surface area (Å²) in [5.74, 6) is 0.691. The zero-order valence-electron chi connectivity index (χ0n) is 10.3. The molecule has 1 aliphatic rings. The number of rotatable bonds is 5. The van der Waals surface area contributed by atoms with Gasteiger partial charge in [0, 0.05) is 12.6 Å². The molecule has 0 saturated heterocycles. The minimum absolute atomic E-state index is 0.150. The second-order valence-corrected chi connectivity index (χ2v) is 5.83. The second kappa shape index (κ2) is 5.90. The third-order valence-corrected chi connectivity index (χ3v) is 4.02. The molecule has 0 amide bonds. The highest BCUT2D eigenvalue weighted by atomic mass is 32.2. The largest absolute Gasteiger partial charge is 0.486 e. The van der Waals surface area contributed by atoms with Gasteiger partial charge in [0.15, 0.2) is 11.5 Å². The molecule has 0 aliphatic carbocycles. The first-order valence-corrected chi connectivity index (χ1v) is 7.24. The van der Waals surface area contributed by atoms with Crippen LogP contribution in [0.2, 0.25) is 0 Å². The number of sulfonamides is 1. The Labute approximate surface area is 114 Å². The van der Waals surface area contributed by atoms with Crippen molar-refractivity contribution in [2.45, 2.75) is 17.4 Å². The Balaban J connectivity index is 2.13. The van der Waals surface area contributed by atoms with Crippen molar-refractivity contribution in [2.75, 3.05) is 19.8 Å². The summed E-state index contributed by atoms with van der Waals surface area (Å²) in [6, 6.07) is 3.93. The molecular formula is C11H13F2NO5S. The van der Waals surface area contributed by atoms with Crippen molar-refractivity contribution in [3.05, 3.63) is 18.2 Å². The highest BCUT2D eigenvalue weighted by Crippen LogP contribution is 2.32. The molecule has 20 heavy (non-hydrogen) atoms. The smallest absolute Gasteiger partial charge is 0.265 e. The highest BCUT2D eigenvalue weighted by Gasteiger charge is 2.23. The molecule has 0 spiro atoms. The molecule has 2 N–H and O–H groups in total. The van der Waals surface area contributed by atoms with Gasteiger partial charge in [-0.3, -0.25) is 0 Å². The monoisotopic (exact) mass is 309 g/mol. The Morgan fingerprint density at radius 3 is 2.55 bits per heavy atom. The molecule has 1 aliphatic heterocycles. The van der Waals surface area contributed by atoms with E-state index in [-0.39, 0.29) is 10.6 Å². The van der Waals surface area contributed by atoms with Crippen LogP contribution < -0.4 is 14.2 Å². The number of hydrogen-bond donors (Lipinski definition) is 2. The summed E-state index contributed by atoms with van der Waals surface area (Å²) in [6.45, 7) is -0.0968. The maximum atomic E-state index is 12.1. The lowest BCUT2D eigenvalue weighted by atomic mass is 10.3. The van der Waals surface area contributed by atoms with Crippen molar-refractivity contribution >= 4 is 10.0 Å². The van der Waals surface area contributed by atoms with Gasteiger partial charge in [0.05, 0.1) is 4.90 Å². The molecule has 112 valence electrons. The third-order valence-electron chi connectivity index (χ3n) is 2.60. The highest BCUT2D eigenvalue weighted by molar-refractivity contribution is 7.89. The fourth-order valence-corrected chi connectivity index (χ4v) is 2.62. The second-order valence-electron chi connectivity index (χ2n) is 4.06. The molecule has 0 saturated carbocycles. The maximum absolute atomic E-state index is 12.1. The fourth-order valence-electron chi connectivity index (χ4n) is 1.56. The molecule has 0 fully saturated rings. The zero-order valence-corrected chi connectivity index (χ0v) is 11.1. The van der Waals surface area contributed by atoms with Crippen molar-refractivity contribution in [1.82, 2.24) is 4.72 Å². The number of benzene rings is 1. The molecule has 1 unspecified atom stereocenters. The van der Waals surface area contributed by atoms with Crippen LogP contribution in [0.4, 0.5) is 8.78 Å². The molecule has 0 bridgehead atoms. The fraction of sp³-hybridized carbons (Fsp3) is 0.455. The summed E-state index contributed by atoms with van der Waals surface area (Å²) in [5, 5.41) is 8.91. The zero-order chi connectivity index (χ0) is 14.8. The number of nitrogens with one attached hydrogen (secondary N) is 1. The topological polar surface area (TPSA) is 84.9 Å². The molecule has 1 aromatic rings. The third kappa shape index (κ3) is 3.35. The van der Waals surface area contributed by atoms with Gasteiger partial charge in [-0.15, -0.1) is 0 Å². The first-order valence-electron chi connectivity index (χ1n) is 5.75. The molecule has 0 aromatic heterocycles. The van der Waals surface area contributed by atoms with E-state index in [0.29, 0.717) is 19.0 Å². The summed E-state index contributed by atoms with van der Waals surface area (Å²) in [5.41, 5.74) is 0. The van der Waals surface area contributed by atoms with Gasteiger partial charge >= 0.3 is 0 Å². The van der Waals surface area contributed by atoms with Crippen LogP contribution in [0.15, 0.2) is 23.1 Å². The Hall–Kier alpha value is -1.45. The van der Waals surface area contributed by atoms with Crippen LogP contribution in [0.25, 0.3) is 0 Å². The Bertz CT molecular complexity index is 578. The van der Waals surface area contributed by atoms with Crippen LogP contribution >= 0.6 is 0 Å². The lowest BCUT2D eigenvalue weighted by Gasteiger charge is -2.19. The van der Waals surface area contributed by atoms with E-state index < -0.39 is 29.1 Å². The van der Waals surface area contributed by atoms with E-state index in [2.05, 4.69) is 0 Å². The summed E-state index contributed by atoms with van der Waals surface area (Å²) in [4.78, 5) is -0.150. The summed E-state index contributed by atoms with van der Waals surface area (Å²) >= 11 is 0. The Morgan fingerprint density at radius 1 is 1.25 bits per heavy atom.